The molecule has 0 aliphatic heterocycles. The first-order chi connectivity index (χ1) is 9.08. The smallest absolute Gasteiger partial charge is 0.306 e. The Kier molecular flexibility index (Phi) is 4.14. The van der Waals surface area contributed by atoms with E-state index in [2.05, 4.69) is 10.3 Å². The van der Waals surface area contributed by atoms with Crippen LogP contribution in [0.5, 0.6) is 0 Å². The van der Waals surface area contributed by atoms with Gasteiger partial charge >= 0.3 is 5.97 Å². The van der Waals surface area contributed by atoms with Crippen LogP contribution >= 0.6 is 0 Å². The van der Waals surface area contributed by atoms with Crippen LogP contribution in [-0.4, -0.2) is 28.5 Å². The van der Waals surface area contributed by atoms with Crippen LogP contribution < -0.4 is 5.32 Å². The summed E-state index contributed by atoms with van der Waals surface area (Å²) >= 11 is 0. The third kappa shape index (κ3) is 3.30. The first kappa shape index (κ1) is 13.5. The van der Waals surface area contributed by atoms with Gasteiger partial charge in [0.15, 0.2) is 0 Å². The Bertz CT molecular complexity index is 470. The van der Waals surface area contributed by atoms with Crippen LogP contribution in [0.3, 0.4) is 0 Å². The normalized spacial score (nSPS) is 22.2. The third-order valence-electron chi connectivity index (χ3n) is 3.67. The Morgan fingerprint density at radius 3 is 2.84 bits per heavy atom. The van der Waals surface area contributed by atoms with E-state index in [-0.39, 0.29) is 17.7 Å². The predicted molar refractivity (Wildman–Crippen MR) is 69.8 cm³/mol. The molecule has 5 heteroatoms. The van der Waals surface area contributed by atoms with Crippen LogP contribution in [0.4, 0.5) is 0 Å². The Hall–Kier alpha value is -1.91. The van der Waals surface area contributed by atoms with Crippen molar-refractivity contribution in [3.05, 3.63) is 29.6 Å². The van der Waals surface area contributed by atoms with Crippen LogP contribution in [-0.2, 0) is 4.79 Å². The number of carbonyl (C=O) groups excluding carboxylic acids is 1. The second-order valence-corrected chi connectivity index (χ2v) is 5.03. The van der Waals surface area contributed by atoms with E-state index in [1.807, 2.05) is 6.92 Å². The summed E-state index contributed by atoms with van der Waals surface area (Å²) in [6.07, 6.45) is 4.03. The van der Waals surface area contributed by atoms with Crippen LogP contribution in [0.1, 0.15) is 35.3 Å². The summed E-state index contributed by atoms with van der Waals surface area (Å²) < 4.78 is 0. The van der Waals surface area contributed by atoms with Gasteiger partial charge in [-0.05, 0) is 37.8 Å². The highest BCUT2D eigenvalue weighted by Gasteiger charge is 2.32. The second-order valence-electron chi connectivity index (χ2n) is 5.03. The van der Waals surface area contributed by atoms with Crippen LogP contribution in [0.15, 0.2) is 18.3 Å². The number of carboxylic acids is 1. The van der Waals surface area contributed by atoms with Crippen molar-refractivity contribution in [2.24, 2.45) is 11.8 Å². The average Bonchev–Trinajstić information content (AvgIpc) is 2.85. The van der Waals surface area contributed by atoms with E-state index in [1.165, 1.54) is 6.20 Å². The Labute approximate surface area is 112 Å². The summed E-state index contributed by atoms with van der Waals surface area (Å²) in [4.78, 5) is 27.0. The molecule has 2 N–H and O–H groups in total. The zero-order valence-corrected chi connectivity index (χ0v) is 10.9. The molecular weight excluding hydrogens is 244 g/mol. The highest BCUT2D eigenvalue weighted by atomic mass is 16.4. The summed E-state index contributed by atoms with van der Waals surface area (Å²) in [5.74, 6) is -1.23. The fourth-order valence-electron chi connectivity index (χ4n) is 2.53. The SMILES string of the molecule is Cc1ccc(C(=O)NCC2CCCC2C(=O)O)cn1. The lowest BCUT2D eigenvalue weighted by Gasteiger charge is -2.16. The molecule has 1 fully saturated rings. The summed E-state index contributed by atoms with van der Waals surface area (Å²) in [6, 6.07) is 3.51. The van der Waals surface area contributed by atoms with Crippen LogP contribution in [0.25, 0.3) is 0 Å². The molecule has 5 nitrogen and oxygen atoms in total. The van der Waals surface area contributed by atoms with Crippen molar-refractivity contribution in [3.8, 4) is 0 Å². The number of amides is 1. The van der Waals surface area contributed by atoms with E-state index < -0.39 is 5.97 Å². The second kappa shape index (κ2) is 5.82. The summed E-state index contributed by atoms with van der Waals surface area (Å²) in [5.41, 5.74) is 1.37. The predicted octanol–water partition coefficient (Wildman–Crippen LogP) is 1.62. The minimum atomic E-state index is -0.756. The lowest BCUT2D eigenvalue weighted by atomic mass is 9.96. The molecule has 1 amide bonds. The van der Waals surface area contributed by atoms with Gasteiger partial charge in [0.05, 0.1) is 11.5 Å². The van der Waals surface area contributed by atoms with Crippen molar-refractivity contribution in [3.63, 3.8) is 0 Å². The zero-order valence-electron chi connectivity index (χ0n) is 10.9. The van der Waals surface area contributed by atoms with Crippen molar-refractivity contribution < 1.29 is 14.7 Å². The molecule has 0 aromatic carbocycles. The third-order valence-corrected chi connectivity index (χ3v) is 3.67. The number of aromatic nitrogens is 1. The van der Waals surface area contributed by atoms with Crippen LogP contribution in [0, 0.1) is 18.8 Å². The van der Waals surface area contributed by atoms with E-state index in [0.717, 1.165) is 18.5 Å². The molecule has 0 bridgehead atoms. The molecule has 0 radical (unpaired) electrons. The van der Waals surface area contributed by atoms with Gasteiger partial charge in [-0.3, -0.25) is 14.6 Å². The molecule has 1 aromatic rings. The number of carbonyl (C=O) groups is 2. The maximum Gasteiger partial charge on any atom is 0.306 e. The maximum absolute atomic E-state index is 11.9. The van der Waals surface area contributed by atoms with Gasteiger partial charge in [0.25, 0.3) is 5.91 Å². The zero-order chi connectivity index (χ0) is 13.8. The Morgan fingerprint density at radius 2 is 2.21 bits per heavy atom. The molecule has 0 spiro atoms. The summed E-state index contributed by atoms with van der Waals surface area (Å²) in [5, 5.41) is 11.9. The number of aryl methyl sites for hydroxylation is 1. The van der Waals surface area contributed by atoms with E-state index >= 15 is 0 Å². The van der Waals surface area contributed by atoms with Crippen molar-refractivity contribution in [1.29, 1.82) is 0 Å². The molecule has 2 rings (SSSR count). The highest BCUT2D eigenvalue weighted by molar-refractivity contribution is 5.93. The standard InChI is InChI=1S/C14H18N2O3/c1-9-5-6-11(8-15-9)13(17)16-7-10-3-2-4-12(10)14(18)19/h5-6,8,10,12H,2-4,7H2,1H3,(H,16,17)(H,18,19). The van der Waals surface area contributed by atoms with Gasteiger partial charge in [0, 0.05) is 18.4 Å². The van der Waals surface area contributed by atoms with E-state index in [9.17, 15) is 9.59 Å². The quantitative estimate of drug-likeness (QED) is 0.864. The molecule has 2 atom stereocenters. The molecular formula is C14H18N2O3. The molecule has 2 unspecified atom stereocenters. The number of hydrogen-bond donors (Lipinski definition) is 2. The minimum Gasteiger partial charge on any atom is -0.481 e. The minimum absolute atomic E-state index is 0.0415. The molecule has 1 saturated carbocycles. The van der Waals surface area contributed by atoms with Gasteiger partial charge in [-0.1, -0.05) is 6.42 Å². The number of rotatable bonds is 4. The lowest BCUT2D eigenvalue weighted by molar-refractivity contribution is -0.142. The molecule has 102 valence electrons. The van der Waals surface area contributed by atoms with Gasteiger partial charge in [0.2, 0.25) is 0 Å². The van der Waals surface area contributed by atoms with E-state index in [0.29, 0.717) is 18.5 Å². The largest absolute Gasteiger partial charge is 0.481 e. The van der Waals surface area contributed by atoms with Gasteiger partial charge in [-0.2, -0.15) is 0 Å². The monoisotopic (exact) mass is 262 g/mol. The number of nitrogens with one attached hydrogen (secondary N) is 1. The van der Waals surface area contributed by atoms with Gasteiger partial charge < -0.3 is 10.4 Å². The van der Waals surface area contributed by atoms with Crippen molar-refractivity contribution in [2.75, 3.05) is 6.54 Å². The molecule has 1 heterocycles. The first-order valence-corrected chi connectivity index (χ1v) is 6.51. The first-order valence-electron chi connectivity index (χ1n) is 6.51. The number of hydrogen-bond acceptors (Lipinski definition) is 3. The number of aliphatic carboxylic acids is 1. The molecule has 1 aliphatic rings. The Balaban J connectivity index is 1.90. The fraction of sp³-hybridized carbons (Fsp3) is 0.500. The molecule has 1 aromatic heterocycles. The van der Waals surface area contributed by atoms with Crippen LogP contribution in [0.2, 0.25) is 0 Å². The summed E-state index contributed by atoms with van der Waals surface area (Å²) in [7, 11) is 0. The van der Waals surface area contributed by atoms with Gasteiger partial charge in [0.1, 0.15) is 0 Å². The van der Waals surface area contributed by atoms with Crippen molar-refractivity contribution in [1.82, 2.24) is 10.3 Å². The number of carboxylic acid groups (broad SMARTS) is 1. The van der Waals surface area contributed by atoms with E-state index in [1.54, 1.807) is 12.1 Å². The van der Waals surface area contributed by atoms with E-state index in [4.69, 9.17) is 5.11 Å². The topological polar surface area (TPSA) is 79.3 Å². The number of pyridine rings is 1. The molecule has 19 heavy (non-hydrogen) atoms. The highest BCUT2D eigenvalue weighted by Crippen LogP contribution is 2.31. The van der Waals surface area contributed by atoms with Crippen molar-refractivity contribution >= 4 is 11.9 Å². The maximum atomic E-state index is 11.9. The molecule has 0 saturated heterocycles. The molecule has 1 aliphatic carbocycles. The lowest BCUT2D eigenvalue weighted by Crippen LogP contribution is -2.33. The van der Waals surface area contributed by atoms with Crippen molar-refractivity contribution in [2.45, 2.75) is 26.2 Å². The Morgan fingerprint density at radius 1 is 1.42 bits per heavy atom. The summed E-state index contributed by atoms with van der Waals surface area (Å²) in [6.45, 7) is 2.28. The average molecular weight is 262 g/mol. The van der Waals surface area contributed by atoms with Gasteiger partial charge in [-0.15, -0.1) is 0 Å². The number of nitrogens with zero attached hydrogens (tertiary/aromatic N) is 1. The fourth-order valence-corrected chi connectivity index (χ4v) is 2.53. The van der Waals surface area contributed by atoms with Gasteiger partial charge in [-0.25, -0.2) is 0 Å².